The van der Waals surface area contributed by atoms with Crippen LogP contribution in [0.2, 0.25) is 0 Å². The summed E-state index contributed by atoms with van der Waals surface area (Å²) < 4.78 is 0. The Labute approximate surface area is 82.7 Å². The van der Waals surface area contributed by atoms with Gasteiger partial charge in [-0.2, -0.15) is 0 Å². The molecule has 0 bridgehead atoms. The highest BCUT2D eigenvalue weighted by molar-refractivity contribution is 5.30. The van der Waals surface area contributed by atoms with Gasteiger partial charge in [-0.25, -0.2) is 0 Å². The third-order valence-corrected chi connectivity index (χ3v) is 3.00. The monoisotopic (exact) mass is 178 g/mol. The van der Waals surface area contributed by atoms with E-state index in [4.69, 9.17) is 0 Å². The van der Waals surface area contributed by atoms with Gasteiger partial charge in [-0.05, 0) is 37.7 Å². The SMILES string of the molecule is CCCCC(C)C1=C(C)CCC=C1. The van der Waals surface area contributed by atoms with Crippen LogP contribution in [0, 0.1) is 5.92 Å². The highest BCUT2D eigenvalue weighted by atomic mass is 14.2. The molecule has 0 heteroatoms. The lowest BCUT2D eigenvalue weighted by Crippen LogP contribution is -2.02. The van der Waals surface area contributed by atoms with Gasteiger partial charge in [-0.15, -0.1) is 0 Å². The molecule has 0 aliphatic heterocycles. The molecule has 0 aromatic rings. The third kappa shape index (κ3) is 3.02. The molecule has 0 amide bonds. The maximum absolute atomic E-state index is 2.37. The lowest BCUT2D eigenvalue weighted by Gasteiger charge is -2.18. The second kappa shape index (κ2) is 5.26. The van der Waals surface area contributed by atoms with Crippen LogP contribution >= 0.6 is 0 Å². The highest BCUT2D eigenvalue weighted by Gasteiger charge is 2.10. The molecule has 0 spiro atoms. The molecule has 1 atom stereocenters. The maximum atomic E-state index is 2.37. The Kier molecular flexibility index (Phi) is 4.27. The summed E-state index contributed by atoms with van der Waals surface area (Å²) >= 11 is 0. The van der Waals surface area contributed by atoms with Gasteiger partial charge in [0, 0.05) is 0 Å². The van der Waals surface area contributed by atoms with Crippen LogP contribution in [0.1, 0.15) is 52.9 Å². The molecule has 0 saturated heterocycles. The molecule has 1 aliphatic rings. The first-order valence-electron chi connectivity index (χ1n) is 5.62. The van der Waals surface area contributed by atoms with Crippen molar-refractivity contribution in [3.8, 4) is 0 Å². The molecule has 0 N–H and O–H groups in total. The summed E-state index contributed by atoms with van der Waals surface area (Å²) in [5, 5.41) is 0. The fourth-order valence-corrected chi connectivity index (χ4v) is 2.05. The smallest absolute Gasteiger partial charge is 0.0191 e. The largest absolute Gasteiger partial charge is 0.0839 e. The van der Waals surface area contributed by atoms with Crippen LogP contribution in [0.5, 0.6) is 0 Å². The van der Waals surface area contributed by atoms with Crippen molar-refractivity contribution in [2.45, 2.75) is 52.9 Å². The van der Waals surface area contributed by atoms with Gasteiger partial charge in [0.25, 0.3) is 0 Å². The molecule has 0 nitrogen and oxygen atoms in total. The van der Waals surface area contributed by atoms with Gasteiger partial charge in [0.05, 0.1) is 0 Å². The summed E-state index contributed by atoms with van der Waals surface area (Å²) in [5.41, 5.74) is 3.23. The number of hydrogen-bond acceptors (Lipinski definition) is 0. The van der Waals surface area contributed by atoms with E-state index in [2.05, 4.69) is 32.9 Å². The predicted molar refractivity (Wildman–Crippen MR) is 59.8 cm³/mol. The molecule has 0 aromatic carbocycles. The first-order valence-corrected chi connectivity index (χ1v) is 5.62. The summed E-state index contributed by atoms with van der Waals surface area (Å²) in [7, 11) is 0. The Morgan fingerprint density at radius 1 is 1.46 bits per heavy atom. The Morgan fingerprint density at radius 2 is 2.23 bits per heavy atom. The molecule has 1 rings (SSSR count). The second-order valence-corrected chi connectivity index (χ2v) is 4.22. The van der Waals surface area contributed by atoms with Crippen LogP contribution in [0.15, 0.2) is 23.3 Å². The third-order valence-electron chi connectivity index (χ3n) is 3.00. The van der Waals surface area contributed by atoms with Crippen molar-refractivity contribution >= 4 is 0 Å². The average molecular weight is 178 g/mol. The van der Waals surface area contributed by atoms with Crippen LogP contribution in [0.25, 0.3) is 0 Å². The Balaban J connectivity index is 2.53. The number of allylic oxidation sites excluding steroid dienone is 4. The normalized spacial score (nSPS) is 19.3. The molecular formula is C13H22. The topological polar surface area (TPSA) is 0 Å². The predicted octanol–water partition coefficient (Wildman–Crippen LogP) is 4.48. The van der Waals surface area contributed by atoms with E-state index in [0.717, 1.165) is 5.92 Å². The molecule has 0 fully saturated rings. The van der Waals surface area contributed by atoms with Gasteiger partial charge in [0.2, 0.25) is 0 Å². The molecule has 1 unspecified atom stereocenters. The van der Waals surface area contributed by atoms with Gasteiger partial charge in [-0.1, -0.05) is 44.4 Å². The van der Waals surface area contributed by atoms with Crippen LogP contribution < -0.4 is 0 Å². The van der Waals surface area contributed by atoms with E-state index >= 15 is 0 Å². The van der Waals surface area contributed by atoms with Crippen LogP contribution in [-0.4, -0.2) is 0 Å². The molecule has 1 aliphatic carbocycles. The van der Waals surface area contributed by atoms with Crippen molar-refractivity contribution in [3.63, 3.8) is 0 Å². The Hall–Kier alpha value is -0.520. The summed E-state index contributed by atoms with van der Waals surface area (Å²) in [6.07, 6.45) is 11.2. The Morgan fingerprint density at radius 3 is 2.85 bits per heavy atom. The number of unbranched alkanes of at least 4 members (excludes halogenated alkanes) is 1. The molecule has 0 aromatic heterocycles. The number of hydrogen-bond donors (Lipinski definition) is 0. The zero-order chi connectivity index (χ0) is 9.68. The summed E-state index contributed by atoms with van der Waals surface area (Å²) in [6, 6.07) is 0. The standard InChI is InChI=1S/C13H22/c1-4-5-8-11(2)13-10-7-6-9-12(13)3/h7,10-11H,4-6,8-9H2,1-3H3. The second-order valence-electron chi connectivity index (χ2n) is 4.22. The van der Waals surface area contributed by atoms with Gasteiger partial charge < -0.3 is 0 Å². The van der Waals surface area contributed by atoms with Crippen LogP contribution in [-0.2, 0) is 0 Å². The zero-order valence-corrected chi connectivity index (χ0v) is 9.27. The van der Waals surface area contributed by atoms with E-state index in [-0.39, 0.29) is 0 Å². The minimum atomic E-state index is 0.775. The van der Waals surface area contributed by atoms with E-state index in [0.29, 0.717) is 0 Å². The minimum absolute atomic E-state index is 0.775. The lowest BCUT2D eigenvalue weighted by atomic mass is 9.87. The van der Waals surface area contributed by atoms with E-state index < -0.39 is 0 Å². The van der Waals surface area contributed by atoms with Crippen molar-refractivity contribution in [3.05, 3.63) is 23.3 Å². The first kappa shape index (κ1) is 10.6. The lowest BCUT2D eigenvalue weighted by molar-refractivity contribution is 0.572. The highest BCUT2D eigenvalue weighted by Crippen LogP contribution is 2.27. The van der Waals surface area contributed by atoms with Gasteiger partial charge >= 0.3 is 0 Å². The van der Waals surface area contributed by atoms with Crippen molar-refractivity contribution in [2.24, 2.45) is 5.92 Å². The molecule has 13 heavy (non-hydrogen) atoms. The van der Waals surface area contributed by atoms with Crippen molar-refractivity contribution in [2.75, 3.05) is 0 Å². The Bertz CT molecular complexity index is 208. The van der Waals surface area contributed by atoms with E-state index in [1.165, 1.54) is 32.1 Å². The van der Waals surface area contributed by atoms with E-state index in [1.54, 1.807) is 11.1 Å². The van der Waals surface area contributed by atoms with E-state index in [9.17, 15) is 0 Å². The van der Waals surface area contributed by atoms with Crippen molar-refractivity contribution in [1.29, 1.82) is 0 Å². The van der Waals surface area contributed by atoms with Crippen LogP contribution in [0.3, 0.4) is 0 Å². The zero-order valence-electron chi connectivity index (χ0n) is 9.27. The molecule has 0 radical (unpaired) electrons. The van der Waals surface area contributed by atoms with Gasteiger partial charge in [0.15, 0.2) is 0 Å². The molecular weight excluding hydrogens is 156 g/mol. The number of rotatable bonds is 4. The van der Waals surface area contributed by atoms with E-state index in [1.807, 2.05) is 0 Å². The average Bonchev–Trinajstić information content (AvgIpc) is 2.15. The summed E-state index contributed by atoms with van der Waals surface area (Å²) in [5.74, 6) is 0.775. The van der Waals surface area contributed by atoms with Crippen molar-refractivity contribution in [1.82, 2.24) is 0 Å². The van der Waals surface area contributed by atoms with Gasteiger partial charge in [-0.3, -0.25) is 0 Å². The summed E-state index contributed by atoms with van der Waals surface area (Å²) in [6.45, 7) is 6.93. The summed E-state index contributed by atoms with van der Waals surface area (Å²) in [4.78, 5) is 0. The minimum Gasteiger partial charge on any atom is -0.0839 e. The van der Waals surface area contributed by atoms with Gasteiger partial charge in [0.1, 0.15) is 0 Å². The maximum Gasteiger partial charge on any atom is -0.0191 e. The fraction of sp³-hybridized carbons (Fsp3) is 0.692. The first-order chi connectivity index (χ1) is 6.25. The fourth-order valence-electron chi connectivity index (χ4n) is 2.05. The van der Waals surface area contributed by atoms with Crippen LogP contribution in [0.4, 0.5) is 0 Å². The van der Waals surface area contributed by atoms with Crippen molar-refractivity contribution < 1.29 is 0 Å². The molecule has 0 heterocycles. The molecule has 0 saturated carbocycles. The molecule has 74 valence electrons. The quantitative estimate of drug-likeness (QED) is 0.595.